The number of carbonyl (C=O) groups excluding carboxylic acids is 1. The number of benzene rings is 1. The van der Waals surface area contributed by atoms with Crippen LogP contribution in [0.25, 0.3) is 0 Å². The van der Waals surface area contributed by atoms with Crippen LogP contribution in [0.4, 0.5) is 0 Å². The number of hydrogen-bond acceptors (Lipinski definition) is 4. The number of amides is 1. The molecule has 0 atom stereocenters. The van der Waals surface area contributed by atoms with Crippen LogP contribution in [0.15, 0.2) is 30.5 Å². The van der Waals surface area contributed by atoms with Gasteiger partial charge in [-0.2, -0.15) is 5.10 Å². The first-order valence-electron chi connectivity index (χ1n) is 9.35. The van der Waals surface area contributed by atoms with Crippen molar-refractivity contribution in [2.75, 3.05) is 26.2 Å². The van der Waals surface area contributed by atoms with E-state index in [0.29, 0.717) is 0 Å². The number of rotatable bonds is 6. The molecule has 0 spiro atoms. The molecule has 140 valence electrons. The van der Waals surface area contributed by atoms with Gasteiger partial charge >= 0.3 is 0 Å². The number of aromatic nitrogens is 2. The highest BCUT2D eigenvalue weighted by Crippen LogP contribution is 2.16. The topological polar surface area (TPSA) is 61.6 Å². The number of aryl methyl sites for hydroxylation is 2. The lowest BCUT2D eigenvalue weighted by Gasteiger charge is -2.35. The molecular formula is C20H28N4O2. The fourth-order valence-electron chi connectivity index (χ4n) is 3.46. The Bertz CT molecular complexity index is 748. The van der Waals surface area contributed by atoms with Crippen LogP contribution < -0.4 is 0 Å². The molecule has 1 aliphatic rings. The molecule has 26 heavy (non-hydrogen) atoms. The van der Waals surface area contributed by atoms with Crippen molar-refractivity contribution >= 4 is 5.91 Å². The van der Waals surface area contributed by atoms with Crippen molar-refractivity contribution in [3.63, 3.8) is 0 Å². The lowest BCUT2D eigenvalue weighted by molar-refractivity contribution is 0.0627. The van der Waals surface area contributed by atoms with Crippen LogP contribution >= 0.6 is 0 Å². The second kappa shape index (κ2) is 8.47. The van der Waals surface area contributed by atoms with Gasteiger partial charge in [0.05, 0.1) is 17.9 Å². The summed E-state index contributed by atoms with van der Waals surface area (Å²) in [5.41, 5.74) is 3.66. The molecule has 1 saturated heterocycles. The maximum absolute atomic E-state index is 12.8. The molecule has 1 fully saturated rings. The number of aliphatic hydroxyl groups excluding tert-OH is 1. The third kappa shape index (κ3) is 4.14. The molecule has 6 nitrogen and oxygen atoms in total. The molecule has 0 saturated carbocycles. The zero-order valence-corrected chi connectivity index (χ0v) is 15.7. The van der Waals surface area contributed by atoms with Gasteiger partial charge in [-0.3, -0.25) is 14.4 Å². The average molecular weight is 356 g/mol. The van der Waals surface area contributed by atoms with Crippen molar-refractivity contribution in [2.45, 2.75) is 40.0 Å². The quantitative estimate of drug-likeness (QED) is 0.861. The minimum absolute atomic E-state index is 0.0651. The second-order valence-electron chi connectivity index (χ2n) is 6.89. The molecule has 3 rings (SSSR count). The summed E-state index contributed by atoms with van der Waals surface area (Å²) in [5.74, 6) is 0.0836. The third-order valence-electron chi connectivity index (χ3n) is 4.97. The maximum Gasteiger partial charge on any atom is 0.257 e. The van der Waals surface area contributed by atoms with E-state index in [-0.39, 0.29) is 12.5 Å². The van der Waals surface area contributed by atoms with Gasteiger partial charge in [0.25, 0.3) is 5.91 Å². The van der Waals surface area contributed by atoms with E-state index in [1.54, 1.807) is 0 Å². The highest BCUT2D eigenvalue weighted by molar-refractivity contribution is 5.95. The Morgan fingerprint density at radius 2 is 1.85 bits per heavy atom. The molecule has 1 aromatic carbocycles. The summed E-state index contributed by atoms with van der Waals surface area (Å²) in [5, 5.41) is 13.9. The Kier molecular flexibility index (Phi) is 6.06. The largest absolute Gasteiger partial charge is 0.392 e. The lowest BCUT2D eigenvalue weighted by Crippen LogP contribution is -2.48. The van der Waals surface area contributed by atoms with Crippen LogP contribution in [-0.2, 0) is 19.7 Å². The van der Waals surface area contributed by atoms with Crippen molar-refractivity contribution in [1.82, 2.24) is 19.6 Å². The fraction of sp³-hybridized carbons (Fsp3) is 0.500. The molecule has 0 radical (unpaired) electrons. The SMILES string of the molecule is CCCn1cc(C(=O)N2CCN(Cc3ccccc3CO)CC2)c(C)n1. The van der Waals surface area contributed by atoms with E-state index in [0.717, 1.165) is 68.1 Å². The lowest BCUT2D eigenvalue weighted by atomic mass is 10.1. The normalized spacial score (nSPS) is 15.4. The van der Waals surface area contributed by atoms with E-state index in [2.05, 4.69) is 23.0 Å². The molecule has 1 aliphatic heterocycles. The molecular weight excluding hydrogens is 328 g/mol. The average Bonchev–Trinajstić information content (AvgIpc) is 3.03. The molecule has 2 heterocycles. The molecule has 6 heteroatoms. The van der Waals surface area contributed by atoms with Crippen LogP contribution in [-0.4, -0.2) is 56.8 Å². The Morgan fingerprint density at radius 1 is 1.15 bits per heavy atom. The number of nitrogens with zero attached hydrogens (tertiary/aromatic N) is 4. The van der Waals surface area contributed by atoms with Crippen LogP contribution in [0, 0.1) is 6.92 Å². The molecule has 1 N–H and O–H groups in total. The van der Waals surface area contributed by atoms with E-state index < -0.39 is 0 Å². The molecule has 0 bridgehead atoms. The zero-order valence-electron chi connectivity index (χ0n) is 15.7. The highest BCUT2D eigenvalue weighted by Gasteiger charge is 2.24. The van der Waals surface area contributed by atoms with Crippen LogP contribution in [0.5, 0.6) is 0 Å². The van der Waals surface area contributed by atoms with Gasteiger partial charge in [0, 0.05) is 45.5 Å². The van der Waals surface area contributed by atoms with Crippen molar-refractivity contribution in [3.05, 3.63) is 52.8 Å². The fourth-order valence-corrected chi connectivity index (χ4v) is 3.46. The minimum Gasteiger partial charge on any atom is -0.392 e. The van der Waals surface area contributed by atoms with Gasteiger partial charge in [-0.25, -0.2) is 0 Å². The van der Waals surface area contributed by atoms with Gasteiger partial charge in [-0.05, 0) is 24.5 Å². The predicted molar refractivity (Wildman–Crippen MR) is 101 cm³/mol. The molecule has 0 unspecified atom stereocenters. The van der Waals surface area contributed by atoms with Crippen LogP contribution in [0.1, 0.15) is 40.5 Å². The van der Waals surface area contributed by atoms with Gasteiger partial charge < -0.3 is 10.0 Å². The summed E-state index contributed by atoms with van der Waals surface area (Å²) in [7, 11) is 0. The minimum atomic E-state index is 0.0651. The second-order valence-corrected chi connectivity index (χ2v) is 6.89. The van der Waals surface area contributed by atoms with Crippen molar-refractivity contribution < 1.29 is 9.90 Å². The number of aliphatic hydroxyl groups is 1. The van der Waals surface area contributed by atoms with E-state index in [1.807, 2.05) is 40.9 Å². The third-order valence-corrected chi connectivity index (χ3v) is 4.97. The Morgan fingerprint density at radius 3 is 2.50 bits per heavy atom. The van der Waals surface area contributed by atoms with Crippen molar-refractivity contribution in [1.29, 1.82) is 0 Å². The van der Waals surface area contributed by atoms with Gasteiger partial charge in [0.2, 0.25) is 0 Å². The predicted octanol–water partition coefficient (Wildman–Crippen LogP) is 2.05. The van der Waals surface area contributed by atoms with Gasteiger partial charge in [0.1, 0.15) is 0 Å². The Balaban J connectivity index is 1.59. The highest BCUT2D eigenvalue weighted by atomic mass is 16.3. The summed E-state index contributed by atoms with van der Waals surface area (Å²) in [6.45, 7) is 8.85. The first-order chi connectivity index (χ1) is 12.6. The van der Waals surface area contributed by atoms with E-state index in [1.165, 1.54) is 0 Å². The number of piperazine rings is 1. The number of carbonyl (C=O) groups is 1. The maximum atomic E-state index is 12.8. The van der Waals surface area contributed by atoms with Gasteiger partial charge in [-0.1, -0.05) is 31.2 Å². The van der Waals surface area contributed by atoms with E-state index in [4.69, 9.17) is 0 Å². The van der Waals surface area contributed by atoms with Crippen LogP contribution in [0.3, 0.4) is 0 Å². The van der Waals surface area contributed by atoms with Crippen molar-refractivity contribution in [2.24, 2.45) is 0 Å². The van der Waals surface area contributed by atoms with Crippen molar-refractivity contribution in [3.8, 4) is 0 Å². The first-order valence-corrected chi connectivity index (χ1v) is 9.35. The summed E-state index contributed by atoms with van der Waals surface area (Å²) in [6.07, 6.45) is 2.88. The van der Waals surface area contributed by atoms with Gasteiger partial charge in [-0.15, -0.1) is 0 Å². The summed E-state index contributed by atoms with van der Waals surface area (Å²) < 4.78 is 1.87. The van der Waals surface area contributed by atoms with E-state index in [9.17, 15) is 9.90 Å². The molecule has 1 amide bonds. The van der Waals surface area contributed by atoms with Gasteiger partial charge in [0.15, 0.2) is 0 Å². The first kappa shape index (κ1) is 18.6. The summed E-state index contributed by atoms with van der Waals surface area (Å²) >= 11 is 0. The summed E-state index contributed by atoms with van der Waals surface area (Å²) in [6, 6.07) is 7.98. The monoisotopic (exact) mass is 356 g/mol. The Labute approximate surface area is 155 Å². The standard InChI is InChI=1S/C20H28N4O2/c1-3-8-24-14-19(16(2)21-24)20(26)23-11-9-22(10-12-23)13-17-6-4-5-7-18(17)15-25/h4-7,14,25H,3,8-13,15H2,1-2H3. The van der Waals surface area contributed by atoms with E-state index >= 15 is 0 Å². The zero-order chi connectivity index (χ0) is 18.5. The molecule has 0 aliphatic carbocycles. The number of hydrogen-bond donors (Lipinski definition) is 1. The van der Waals surface area contributed by atoms with Crippen LogP contribution in [0.2, 0.25) is 0 Å². The molecule has 1 aromatic heterocycles. The molecule has 2 aromatic rings. The summed E-state index contributed by atoms with van der Waals surface area (Å²) in [4.78, 5) is 17.1. The smallest absolute Gasteiger partial charge is 0.257 e. The Hall–Kier alpha value is -2.18.